The Labute approximate surface area is 192 Å². The minimum absolute atomic E-state index is 0.100. The van der Waals surface area contributed by atoms with E-state index in [-0.39, 0.29) is 16.4 Å². The standard InChI is InChI=1S/C21H23ClN4O4S2/c1-13(2)8-9-26-12-17(16-10-14(22)4-7-19(16)26)21-23-18-6-5-15(24-31(3,27)28)11-20(18)32(29,30)25-21/h4-7,10-13,24H,8-9H2,1-3H3,(H,23,25). The molecule has 4 rings (SSSR count). The van der Waals surface area contributed by atoms with Crippen molar-refractivity contribution in [3.63, 3.8) is 0 Å². The molecule has 0 spiro atoms. The van der Waals surface area contributed by atoms with E-state index >= 15 is 0 Å². The first-order valence-corrected chi connectivity index (χ1v) is 13.7. The number of sulfonamides is 2. The van der Waals surface area contributed by atoms with Crippen LogP contribution in [0.5, 0.6) is 0 Å². The molecule has 2 N–H and O–H groups in total. The maximum atomic E-state index is 13.0. The highest BCUT2D eigenvalue weighted by atomic mass is 35.5. The highest BCUT2D eigenvalue weighted by molar-refractivity contribution is 7.92. The number of nitrogens with zero attached hydrogens (tertiary/aromatic N) is 2. The third-order valence-corrected chi connectivity index (χ3v) is 7.23. The van der Waals surface area contributed by atoms with Gasteiger partial charge in [0.25, 0.3) is 10.0 Å². The van der Waals surface area contributed by atoms with Gasteiger partial charge in [-0.25, -0.2) is 8.42 Å². The van der Waals surface area contributed by atoms with Crippen molar-refractivity contribution >= 4 is 59.8 Å². The van der Waals surface area contributed by atoms with Crippen molar-refractivity contribution in [2.24, 2.45) is 10.3 Å². The van der Waals surface area contributed by atoms with E-state index in [4.69, 9.17) is 11.6 Å². The molecular weight excluding hydrogens is 472 g/mol. The van der Waals surface area contributed by atoms with Crippen LogP contribution in [0.4, 0.5) is 11.4 Å². The molecule has 0 aliphatic carbocycles. The van der Waals surface area contributed by atoms with Crippen LogP contribution < -0.4 is 10.0 Å². The van der Waals surface area contributed by atoms with E-state index in [1.165, 1.54) is 18.2 Å². The molecule has 0 fully saturated rings. The van der Waals surface area contributed by atoms with Crippen LogP contribution in [0.1, 0.15) is 25.8 Å². The monoisotopic (exact) mass is 494 g/mol. The van der Waals surface area contributed by atoms with Gasteiger partial charge in [0.2, 0.25) is 10.0 Å². The second-order valence-electron chi connectivity index (χ2n) is 8.21. The fraction of sp³-hybridized carbons (Fsp3) is 0.286. The van der Waals surface area contributed by atoms with Crippen molar-refractivity contribution < 1.29 is 16.8 Å². The number of aryl methyl sites for hydroxylation is 1. The molecule has 0 amide bonds. The summed E-state index contributed by atoms with van der Waals surface area (Å²) in [7, 11) is -7.61. The summed E-state index contributed by atoms with van der Waals surface area (Å²) in [6, 6.07) is 9.77. The van der Waals surface area contributed by atoms with Crippen LogP contribution in [-0.4, -0.2) is 33.5 Å². The van der Waals surface area contributed by atoms with Crippen LogP contribution in [-0.2, 0) is 26.6 Å². The SMILES string of the molecule is CC(C)CCn1cc(C2=NS(=O)(=O)c3cc(NS(C)(=O)=O)ccc3N2)c2cc(Cl)ccc21. The predicted molar refractivity (Wildman–Crippen MR) is 129 cm³/mol. The third kappa shape index (κ3) is 4.62. The quantitative estimate of drug-likeness (QED) is 0.531. The van der Waals surface area contributed by atoms with E-state index < -0.39 is 20.0 Å². The fourth-order valence-electron chi connectivity index (χ4n) is 3.59. The first-order chi connectivity index (χ1) is 14.9. The molecule has 1 aliphatic rings. The van der Waals surface area contributed by atoms with Gasteiger partial charge in [-0.05, 0) is 48.7 Å². The molecule has 1 aliphatic heterocycles. The molecule has 0 saturated carbocycles. The van der Waals surface area contributed by atoms with Gasteiger partial charge in [-0.1, -0.05) is 25.4 Å². The van der Waals surface area contributed by atoms with E-state index in [1.807, 2.05) is 12.3 Å². The average Bonchev–Trinajstić information content (AvgIpc) is 3.03. The summed E-state index contributed by atoms with van der Waals surface area (Å²) >= 11 is 6.23. The molecular formula is C21H23ClN4O4S2. The highest BCUT2D eigenvalue weighted by Crippen LogP contribution is 2.34. The number of fused-ring (bicyclic) bond motifs is 2. The Kier molecular flexibility index (Phi) is 5.72. The predicted octanol–water partition coefficient (Wildman–Crippen LogP) is 4.27. The molecule has 1 aromatic heterocycles. The molecule has 170 valence electrons. The fourth-order valence-corrected chi connectivity index (χ4v) is 5.48. The normalized spacial score (nSPS) is 15.3. The van der Waals surface area contributed by atoms with E-state index in [0.29, 0.717) is 22.2 Å². The zero-order valence-electron chi connectivity index (χ0n) is 17.8. The Hall–Kier alpha value is -2.56. The van der Waals surface area contributed by atoms with E-state index in [0.717, 1.165) is 30.1 Å². The molecule has 8 nitrogen and oxygen atoms in total. The van der Waals surface area contributed by atoms with Gasteiger partial charge in [-0.3, -0.25) is 4.72 Å². The summed E-state index contributed by atoms with van der Waals surface area (Å²) in [5.41, 5.74) is 2.02. The molecule has 0 unspecified atom stereocenters. The van der Waals surface area contributed by atoms with Crippen molar-refractivity contribution in [1.82, 2.24) is 4.57 Å². The molecule has 0 radical (unpaired) electrons. The van der Waals surface area contributed by atoms with Crippen LogP contribution in [0.15, 0.2) is 51.9 Å². The van der Waals surface area contributed by atoms with Gasteiger partial charge >= 0.3 is 0 Å². The van der Waals surface area contributed by atoms with Gasteiger partial charge in [-0.15, -0.1) is 4.40 Å². The number of nitrogens with one attached hydrogen (secondary N) is 2. The van der Waals surface area contributed by atoms with Crippen LogP contribution >= 0.6 is 11.6 Å². The van der Waals surface area contributed by atoms with Crippen molar-refractivity contribution in [2.75, 3.05) is 16.3 Å². The Morgan fingerprint density at radius 1 is 1.19 bits per heavy atom. The van der Waals surface area contributed by atoms with Gasteiger partial charge in [0.1, 0.15) is 4.90 Å². The van der Waals surface area contributed by atoms with E-state index in [9.17, 15) is 16.8 Å². The smallest absolute Gasteiger partial charge is 0.286 e. The van der Waals surface area contributed by atoms with Gasteiger partial charge in [0, 0.05) is 39.9 Å². The van der Waals surface area contributed by atoms with E-state index in [1.54, 1.807) is 12.1 Å². The minimum Gasteiger partial charge on any atom is -0.347 e. The number of rotatable bonds is 6. The summed E-state index contributed by atoms with van der Waals surface area (Å²) in [4.78, 5) is -0.100. The lowest BCUT2D eigenvalue weighted by molar-refractivity contribution is 0.524. The molecule has 11 heteroatoms. The number of benzene rings is 2. The van der Waals surface area contributed by atoms with Crippen molar-refractivity contribution in [3.8, 4) is 0 Å². The van der Waals surface area contributed by atoms with Crippen molar-refractivity contribution in [2.45, 2.75) is 31.7 Å². The lowest BCUT2D eigenvalue weighted by Gasteiger charge is -2.19. The first-order valence-electron chi connectivity index (χ1n) is 9.95. The zero-order chi connectivity index (χ0) is 23.3. The Morgan fingerprint density at radius 2 is 1.94 bits per heavy atom. The Morgan fingerprint density at radius 3 is 2.62 bits per heavy atom. The number of amidine groups is 1. The Bertz CT molecular complexity index is 1460. The lowest BCUT2D eigenvalue weighted by Crippen LogP contribution is -2.22. The molecule has 2 aromatic carbocycles. The minimum atomic E-state index is -4.06. The maximum Gasteiger partial charge on any atom is 0.286 e. The molecule has 0 bridgehead atoms. The van der Waals surface area contributed by atoms with Gasteiger partial charge in [0.05, 0.1) is 11.9 Å². The zero-order valence-corrected chi connectivity index (χ0v) is 20.1. The number of hydrogen-bond donors (Lipinski definition) is 2. The molecule has 3 aromatic rings. The molecule has 2 heterocycles. The van der Waals surface area contributed by atoms with Gasteiger partial charge < -0.3 is 9.88 Å². The van der Waals surface area contributed by atoms with Crippen molar-refractivity contribution in [3.05, 3.63) is 53.2 Å². The molecule has 32 heavy (non-hydrogen) atoms. The lowest BCUT2D eigenvalue weighted by atomic mass is 10.1. The topological polar surface area (TPSA) is 110 Å². The third-order valence-electron chi connectivity index (χ3n) is 5.07. The summed E-state index contributed by atoms with van der Waals surface area (Å²) in [6.07, 6.45) is 3.84. The number of halogens is 1. The van der Waals surface area contributed by atoms with Crippen LogP contribution in [0.3, 0.4) is 0 Å². The van der Waals surface area contributed by atoms with Crippen LogP contribution in [0.25, 0.3) is 10.9 Å². The number of hydrogen-bond acceptors (Lipinski definition) is 5. The summed E-state index contributed by atoms with van der Waals surface area (Å²) in [5, 5.41) is 4.42. The van der Waals surface area contributed by atoms with Crippen LogP contribution in [0, 0.1) is 5.92 Å². The van der Waals surface area contributed by atoms with Gasteiger partial charge in [-0.2, -0.15) is 8.42 Å². The number of anilines is 2. The highest BCUT2D eigenvalue weighted by Gasteiger charge is 2.28. The van der Waals surface area contributed by atoms with Crippen LogP contribution in [0.2, 0.25) is 5.02 Å². The van der Waals surface area contributed by atoms with Gasteiger partial charge in [0.15, 0.2) is 5.84 Å². The second kappa shape index (κ2) is 8.09. The summed E-state index contributed by atoms with van der Waals surface area (Å²) in [6.45, 7) is 5.06. The molecule has 0 saturated heterocycles. The summed E-state index contributed by atoms with van der Waals surface area (Å²) in [5.74, 6) is 0.701. The Balaban J connectivity index is 1.80. The second-order valence-corrected chi connectivity index (χ2v) is 12.0. The summed E-state index contributed by atoms with van der Waals surface area (Å²) < 4.78 is 57.3. The largest absolute Gasteiger partial charge is 0.347 e. The molecule has 0 atom stereocenters. The van der Waals surface area contributed by atoms with Crippen molar-refractivity contribution in [1.29, 1.82) is 0 Å². The maximum absolute atomic E-state index is 13.0. The average molecular weight is 495 g/mol. The first kappa shape index (κ1) is 22.6. The van der Waals surface area contributed by atoms with E-state index in [2.05, 4.69) is 32.9 Å². The number of aromatic nitrogens is 1.